The lowest BCUT2D eigenvalue weighted by Gasteiger charge is -2.12. The van der Waals surface area contributed by atoms with Gasteiger partial charge in [0.2, 0.25) is 0 Å². The SMILES string of the molecule is Cn1c(=O)c2sc(N3CCCC3)nc2n(Cc2ccccc2)c1=O. The van der Waals surface area contributed by atoms with Gasteiger partial charge in [0, 0.05) is 20.1 Å². The Balaban J connectivity index is 1.91. The highest BCUT2D eigenvalue weighted by molar-refractivity contribution is 7.22. The standard InChI is InChI=1S/C17H18N4O2S/c1-19-15(22)13-14(18-16(24-13)20-9-5-6-10-20)21(17(19)23)11-12-7-3-2-4-8-12/h2-4,7-8H,5-6,9-11H2,1H3. The minimum Gasteiger partial charge on any atom is -0.348 e. The largest absolute Gasteiger partial charge is 0.348 e. The van der Waals surface area contributed by atoms with Gasteiger partial charge in [-0.25, -0.2) is 9.78 Å². The predicted molar refractivity (Wildman–Crippen MR) is 96.1 cm³/mol. The van der Waals surface area contributed by atoms with Crippen LogP contribution < -0.4 is 16.1 Å². The Morgan fingerprint density at radius 3 is 2.54 bits per heavy atom. The average Bonchev–Trinajstić information content (AvgIpc) is 3.27. The fourth-order valence-corrected chi connectivity index (χ4v) is 4.18. The molecule has 1 fully saturated rings. The molecule has 0 bridgehead atoms. The highest BCUT2D eigenvalue weighted by Gasteiger charge is 2.21. The summed E-state index contributed by atoms with van der Waals surface area (Å²) in [5, 5.41) is 0.840. The van der Waals surface area contributed by atoms with Gasteiger partial charge >= 0.3 is 5.69 Å². The summed E-state index contributed by atoms with van der Waals surface area (Å²) in [6.45, 7) is 2.33. The van der Waals surface area contributed by atoms with Gasteiger partial charge in [0.15, 0.2) is 10.8 Å². The molecule has 24 heavy (non-hydrogen) atoms. The first kappa shape index (κ1) is 15.1. The molecule has 1 aliphatic rings. The molecule has 3 aromatic rings. The number of thiazole rings is 1. The Bertz CT molecular complexity index is 997. The summed E-state index contributed by atoms with van der Waals surface area (Å²) in [6.07, 6.45) is 2.29. The van der Waals surface area contributed by atoms with E-state index in [0.29, 0.717) is 16.9 Å². The molecule has 1 aliphatic heterocycles. The average molecular weight is 342 g/mol. The van der Waals surface area contributed by atoms with Gasteiger partial charge in [-0.1, -0.05) is 41.7 Å². The van der Waals surface area contributed by atoms with Gasteiger partial charge < -0.3 is 4.90 Å². The molecule has 2 aromatic heterocycles. The second-order valence-electron chi connectivity index (χ2n) is 6.06. The van der Waals surface area contributed by atoms with Crippen LogP contribution in [0.25, 0.3) is 10.3 Å². The summed E-state index contributed by atoms with van der Waals surface area (Å²) in [7, 11) is 1.53. The lowest BCUT2D eigenvalue weighted by Crippen LogP contribution is -2.38. The van der Waals surface area contributed by atoms with Crippen molar-refractivity contribution in [3.63, 3.8) is 0 Å². The first-order valence-electron chi connectivity index (χ1n) is 8.04. The van der Waals surface area contributed by atoms with Crippen molar-refractivity contribution in [1.29, 1.82) is 0 Å². The van der Waals surface area contributed by atoms with Crippen molar-refractivity contribution in [3.05, 3.63) is 56.7 Å². The summed E-state index contributed by atoms with van der Waals surface area (Å²) < 4.78 is 3.33. The number of nitrogens with zero attached hydrogens (tertiary/aromatic N) is 4. The topological polar surface area (TPSA) is 60.1 Å². The molecular formula is C17H18N4O2S. The third-order valence-electron chi connectivity index (χ3n) is 4.43. The minimum atomic E-state index is -0.324. The smallest absolute Gasteiger partial charge is 0.332 e. The number of hydrogen-bond acceptors (Lipinski definition) is 5. The molecule has 0 spiro atoms. The third-order valence-corrected chi connectivity index (χ3v) is 5.52. The molecule has 0 aliphatic carbocycles. The molecular weight excluding hydrogens is 324 g/mol. The summed E-state index contributed by atoms with van der Waals surface area (Å²) in [6, 6.07) is 9.76. The highest BCUT2D eigenvalue weighted by Crippen LogP contribution is 2.28. The number of aromatic nitrogens is 3. The number of fused-ring (bicyclic) bond motifs is 1. The van der Waals surface area contributed by atoms with E-state index in [1.165, 1.54) is 23.0 Å². The fourth-order valence-electron chi connectivity index (χ4n) is 3.09. The van der Waals surface area contributed by atoms with Gasteiger partial charge in [0.1, 0.15) is 4.70 Å². The zero-order chi connectivity index (χ0) is 16.7. The van der Waals surface area contributed by atoms with Crippen molar-refractivity contribution in [2.75, 3.05) is 18.0 Å². The van der Waals surface area contributed by atoms with Crippen molar-refractivity contribution in [2.24, 2.45) is 7.05 Å². The molecule has 0 radical (unpaired) electrons. The van der Waals surface area contributed by atoms with Gasteiger partial charge in [-0.15, -0.1) is 0 Å². The van der Waals surface area contributed by atoms with Crippen LogP contribution in [0.4, 0.5) is 5.13 Å². The van der Waals surface area contributed by atoms with E-state index in [1.54, 1.807) is 4.57 Å². The number of anilines is 1. The number of rotatable bonds is 3. The maximum Gasteiger partial charge on any atom is 0.332 e. The Morgan fingerprint density at radius 1 is 1.12 bits per heavy atom. The van der Waals surface area contributed by atoms with Crippen LogP contribution in [-0.2, 0) is 13.6 Å². The van der Waals surface area contributed by atoms with Crippen molar-refractivity contribution in [3.8, 4) is 0 Å². The summed E-state index contributed by atoms with van der Waals surface area (Å²) >= 11 is 1.39. The Morgan fingerprint density at radius 2 is 1.83 bits per heavy atom. The quantitative estimate of drug-likeness (QED) is 0.728. The monoisotopic (exact) mass is 342 g/mol. The van der Waals surface area contributed by atoms with Crippen LogP contribution >= 0.6 is 11.3 Å². The van der Waals surface area contributed by atoms with E-state index in [9.17, 15) is 9.59 Å². The van der Waals surface area contributed by atoms with Gasteiger partial charge in [0.25, 0.3) is 5.56 Å². The maximum absolute atomic E-state index is 12.6. The van der Waals surface area contributed by atoms with E-state index in [2.05, 4.69) is 9.88 Å². The normalized spacial score (nSPS) is 14.6. The molecule has 1 saturated heterocycles. The molecule has 0 saturated carbocycles. The molecule has 7 heteroatoms. The third kappa shape index (κ3) is 2.45. The number of hydrogen-bond donors (Lipinski definition) is 0. The van der Waals surface area contributed by atoms with E-state index in [4.69, 9.17) is 0 Å². The second kappa shape index (κ2) is 5.90. The van der Waals surface area contributed by atoms with Gasteiger partial charge in [0.05, 0.1) is 6.54 Å². The number of benzene rings is 1. The van der Waals surface area contributed by atoms with Crippen LogP contribution in [0.3, 0.4) is 0 Å². The van der Waals surface area contributed by atoms with Crippen LogP contribution in [0, 0.1) is 0 Å². The van der Waals surface area contributed by atoms with Crippen LogP contribution in [0.2, 0.25) is 0 Å². The lowest BCUT2D eigenvalue weighted by molar-refractivity contribution is 0.670. The minimum absolute atomic E-state index is 0.262. The van der Waals surface area contributed by atoms with Crippen LogP contribution in [-0.4, -0.2) is 27.2 Å². The molecule has 0 atom stereocenters. The van der Waals surface area contributed by atoms with Gasteiger partial charge in [-0.05, 0) is 18.4 Å². The molecule has 0 amide bonds. The van der Waals surface area contributed by atoms with Crippen molar-refractivity contribution in [1.82, 2.24) is 14.1 Å². The fraction of sp³-hybridized carbons (Fsp3) is 0.353. The lowest BCUT2D eigenvalue weighted by atomic mass is 10.2. The molecule has 0 unspecified atom stereocenters. The Labute approximate surface area is 142 Å². The maximum atomic E-state index is 12.6. The summed E-state index contributed by atoms with van der Waals surface area (Å²) in [5.41, 5.74) is 0.922. The molecule has 124 valence electrons. The Kier molecular flexibility index (Phi) is 3.72. The van der Waals surface area contributed by atoms with Crippen molar-refractivity contribution < 1.29 is 0 Å². The van der Waals surface area contributed by atoms with Gasteiger partial charge in [-0.3, -0.25) is 13.9 Å². The molecule has 1 aromatic carbocycles. The second-order valence-corrected chi connectivity index (χ2v) is 7.04. The van der Waals surface area contributed by atoms with E-state index in [1.807, 2.05) is 30.3 Å². The van der Waals surface area contributed by atoms with Crippen LogP contribution in [0.15, 0.2) is 39.9 Å². The van der Waals surface area contributed by atoms with Crippen LogP contribution in [0.1, 0.15) is 18.4 Å². The zero-order valence-electron chi connectivity index (χ0n) is 13.4. The van der Waals surface area contributed by atoms with E-state index in [-0.39, 0.29) is 11.2 Å². The first-order valence-corrected chi connectivity index (χ1v) is 8.86. The first-order chi connectivity index (χ1) is 11.6. The molecule has 6 nitrogen and oxygen atoms in total. The molecule has 3 heterocycles. The summed E-state index contributed by atoms with van der Waals surface area (Å²) in [5.74, 6) is 0. The molecule has 4 rings (SSSR count). The van der Waals surface area contributed by atoms with E-state index < -0.39 is 0 Å². The molecule has 0 N–H and O–H groups in total. The summed E-state index contributed by atoms with van der Waals surface area (Å²) in [4.78, 5) is 31.9. The highest BCUT2D eigenvalue weighted by atomic mass is 32.1. The zero-order valence-corrected chi connectivity index (χ0v) is 14.3. The van der Waals surface area contributed by atoms with E-state index >= 15 is 0 Å². The van der Waals surface area contributed by atoms with Crippen molar-refractivity contribution in [2.45, 2.75) is 19.4 Å². The Hall–Kier alpha value is -2.41. The van der Waals surface area contributed by atoms with Crippen molar-refractivity contribution >= 4 is 26.8 Å². The van der Waals surface area contributed by atoms with Crippen LogP contribution in [0.5, 0.6) is 0 Å². The van der Waals surface area contributed by atoms with Gasteiger partial charge in [-0.2, -0.15) is 0 Å². The predicted octanol–water partition coefficient (Wildman–Crippen LogP) is 1.81. The van der Waals surface area contributed by atoms with E-state index in [0.717, 1.165) is 36.6 Å².